The quantitative estimate of drug-likeness (QED) is 0.612. The Bertz CT molecular complexity index is 1030. The second kappa shape index (κ2) is 9.13. The number of rotatable bonds is 7. The van der Waals surface area contributed by atoms with Crippen LogP contribution in [-0.4, -0.2) is 23.3 Å². The summed E-state index contributed by atoms with van der Waals surface area (Å²) in [5, 5.41) is 3.57. The predicted octanol–water partition coefficient (Wildman–Crippen LogP) is 4.37. The van der Waals surface area contributed by atoms with E-state index in [4.69, 9.17) is 16.0 Å². The minimum Gasteiger partial charge on any atom is -0.441 e. The molecule has 2 heterocycles. The van der Waals surface area contributed by atoms with Crippen molar-refractivity contribution in [3.8, 4) is 11.3 Å². The van der Waals surface area contributed by atoms with Gasteiger partial charge < -0.3 is 14.6 Å². The summed E-state index contributed by atoms with van der Waals surface area (Å²) in [7, 11) is 0. The molecule has 2 aromatic carbocycles. The molecule has 0 aliphatic carbocycles. The third-order valence-corrected chi connectivity index (χ3v) is 5.31. The topological polar surface area (TPSA) is 75.4 Å². The number of amides is 2. The second-order valence-electron chi connectivity index (χ2n) is 7.22. The highest BCUT2D eigenvalue weighted by Gasteiger charge is 2.21. The number of hydrogen-bond donors (Lipinski definition) is 1. The van der Waals surface area contributed by atoms with Gasteiger partial charge in [0.25, 0.3) is 0 Å². The molecule has 1 aromatic heterocycles. The lowest BCUT2D eigenvalue weighted by Crippen LogP contribution is -2.24. The van der Waals surface area contributed by atoms with Crippen LogP contribution < -0.4 is 10.2 Å². The molecule has 0 radical (unpaired) electrons. The zero-order chi connectivity index (χ0) is 20.9. The predicted molar refractivity (Wildman–Crippen MR) is 115 cm³/mol. The van der Waals surface area contributed by atoms with Gasteiger partial charge >= 0.3 is 0 Å². The molecule has 1 N–H and O–H groups in total. The summed E-state index contributed by atoms with van der Waals surface area (Å²) < 4.78 is 5.73. The van der Waals surface area contributed by atoms with Crippen LogP contribution in [0.5, 0.6) is 0 Å². The van der Waals surface area contributed by atoms with Crippen LogP contribution in [0.4, 0.5) is 5.69 Å². The van der Waals surface area contributed by atoms with Gasteiger partial charge in [0, 0.05) is 48.6 Å². The fourth-order valence-corrected chi connectivity index (χ4v) is 3.52. The summed E-state index contributed by atoms with van der Waals surface area (Å²) in [6.07, 6.45) is 3.89. The van der Waals surface area contributed by atoms with Crippen LogP contribution in [0.2, 0.25) is 5.02 Å². The van der Waals surface area contributed by atoms with E-state index in [0.717, 1.165) is 29.8 Å². The smallest absolute Gasteiger partial charge is 0.227 e. The molecule has 7 heteroatoms. The highest BCUT2D eigenvalue weighted by atomic mass is 35.5. The van der Waals surface area contributed by atoms with Crippen molar-refractivity contribution in [1.82, 2.24) is 10.3 Å². The fourth-order valence-electron chi connectivity index (χ4n) is 3.40. The lowest BCUT2D eigenvalue weighted by atomic mass is 10.2. The Morgan fingerprint density at radius 3 is 2.60 bits per heavy atom. The first-order valence-corrected chi connectivity index (χ1v) is 10.3. The van der Waals surface area contributed by atoms with Crippen molar-refractivity contribution < 1.29 is 14.0 Å². The number of aromatic nitrogens is 1. The molecule has 1 fully saturated rings. The van der Waals surface area contributed by atoms with Gasteiger partial charge in [0.1, 0.15) is 0 Å². The van der Waals surface area contributed by atoms with E-state index in [-0.39, 0.29) is 11.8 Å². The van der Waals surface area contributed by atoms with Crippen molar-refractivity contribution in [2.45, 2.75) is 32.2 Å². The maximum atomic E-state index is 12.2. The standard InChI is InChI=1S/C23H22ClN3O3/c24-18-7-5-17(6-8-18)20-15-26-22(30-20)12-11-21(28)25-14-16-3-9-19(10-4-16)27-13-1-2-23(27)29/h3-10,15H,1-2,11-14H2,(H,25,28). The number of halogens is 1. The highest BCUT2D eigenvalue weighted by Crippen LogP contribution is 2.23. The molecule has 30 heavy (non-hydrogen) atoms. The van der Waals surface area contributed by atoms with Gasteiger partial charge in [0.05, 0.1) is 6.20 Å². The van der Waals surface area contributed by atoms with Crippen LogP contribution in [0.25, 0.3) is 11.3 Å². The van der Waals surface area contributed by atoms with Crippen LogP contribution in [-0.2, 0) is 22.6 Å². The van der Waals surface area contributed by atoms with E-state index in [1.54, 1.807) is 23.2 Å². The summed E-state index contributed by atoms with van der Waals surface area (Å²) in [5.41, 5.74) is 2.79. The molecular formula is C23H22ClN3O3. The molecule has 2 amide bonds. The molecule has 0 unspecified atom stereocenters. The first-order chi connectivity index (χ1) is 14.6. The molecule has 3 aromatic rings. The lowest BCUT2D eigenvalue weighted by Gasteiger charge is -2.16. The van der Waals surface area contributed by atoms with Gasteiger partial charge in [0.2, 0.25) is 11.8 Å². The van der Waals surface area contributed by atoms with Crippen LogP contribution in [0.3, 0.4) is 0 Å². The first-order valence-electron chi connectivity index (χ1n) is 9.95. The Hall–Kier alpha value is -3.12. The van der Waals surface area contributed by atoms with Gasteiger partial charge in [-0.1, -0.05) is 23.7 Å². The Labute approximate surface area is 179 Å². The second-order valence-corrected chi connectivity index (χ2v) is 7.65. The number of anilines is 1. The van der Waals surface area contributed by atoms with Crippen molar-refractivity contribution in [1.29, 1.82) is 0 Å². The van der Waals surface area contributed by atoms with Gasteiger partial charge in [-0.05, 0) is 48.4 Å². The van der Waals surface area contributed by atoms with Gasteiger partial charge in [-0.2, -0.15) is 0 Å². The monoisotopic (exact) mass is 423 g/mol. The number of carbonyl (C=O) groups is 2. The van der Waals surface area contributed by atoms with E-state index in [0.29, 0.717) is 42.5 Å². The Kier molecular flexibility index (Phi) is 6.14. The van der Waals surface area contributed by atoms with Crippen LogP contribution in [0.15, 0.2) is 59.1 Å². The van der Waals surface area contributed by atoms with Gasteiger partial charge in [0.15, 0.2) is 11.7 Å². The number of aryl methyl sites for hydroxylation is 1. The van der Waals surface area contributed by atoms with E-state index >= 15 is 0 Å². The Morgan fingerprint density at radius 1 is 1.13 bits per heavy atom. The number of benzene rings is 2. The van der Waals surface area contributed by atoms with E-state index < -0.39 is 0 Å². The molecule has 4 rings (SSSR count). The zero-order valence-electron chi connectivity index (χ0n) is 16.4. The van der Waals surface area contributed by atoms with Gasteiger partial charge in [-0.3, -0.25) is 9.59 Å². The van der Waals surface area contributed by atoms with Crippen LogP contribution >= 0.6 is 11.6 Å². The summed E-state index contributed by atoms with van der Waals surface area (Å²) >= 11 is 5.90. The van der Waals surface area contributed by atoms with Crippen molar-refractivity contribution >= 4 is 29.1 Å². The normalized spacial score (nSPS) is 13.6. The maximum Gasteiger partial charge on any atom is 0.227 e. The molecule has 6 nitrogen and oxygen atoms in total. The number of nitrogens with zero attached hydrogens (tertiary/aromatic N) is 2. The molecule has 0 spiro atoms. The molecule has 1 saturated heterocycles. The van der Waals surface area contributed by atoms with Crippen LogP contribution in [0.1, 0.15) is 30.7 Å². The molecule has 0 bridgehead atoms. The third kappa shape index (κ3) is 4.89. The van der Waals surface area contributed by atoms with Crippen molar-refractivity contribution in [2.75, 3.05) is 11.4 Å². The number of oxazole rings is 1. The average molecular weight is 424 g/mol. The maximum absolute atomic E-state index is 12.2. The molecule has 154 valence electrons. The zero-order valence-corrected chi connectivity index (χ0v) is 17.2. The summed E-state index contributed by atoms with van der Waals surface area (Å²) in [6.45, 7) is 1.21. The fraction of sp³-hybridized carbons (Fsp3) is 0.261. The molecule has 0 atom stereocenters. The minimum atomic E-state index is -0.0694. The van der Waals surface area contributed by atoms with Crippen molar-refractivity contribution in [3.05, 3.63) is 71.2 Å². The van der Waals surface area contributed by atoms with E-state index in [1.807, 2.05) is 36.4 Å². The van der Waals surface area contributed by atoms with Gasteiger partial charge in [-0.15, -0.1) is 0 Å². The van der Waals surface area contributed by atoms with Crippen LogP contribution in [0, 0.1) is 0 Å². The lowest BCUT2D eigenvalue weighted by molar-refractivity contribution is -0.121. The van der Waals surface area contributed by atoms with E-state index in [2.05, 4.69) is 10.3 Å². The summed E-state index contributed by atoms with van der Waals surface area (Å²) in [5.74, 6) is 1.27. The third-order valence-electron chi connectivity index (χ3n) is 5.06. The summed E-state index contributed by atoms with van der Waals surface area (Å²) in [4.78, 5) is 30.0. The van der Waals surface area contributed by atoms with Gasteiger partial charge in [-0.25, -0.2) is 4.98 Å². The van der Waals surface area contributed by atoms with Crippen molar-refractivity contribution in [2.24, 2.45) is 0 Å². The molecule has 0 saturated carbocycles. The number of nitrogens with one attached hydrogen (secondary N) is 1. The summed E-state index contributed by atoms with van der Waals surface area (Å²) in [6, 6.07) is 15.0. The number of hydrogen-bond acceptors (Lipinski definition) is 4. The van der Waals surface area contributed by atoms with E-state index in [1.165, 1.54) is 0 Å². The molecule has 1 aliphatic heterocycles. The SMILES string of the molecule is O=C(CCc1ncc(-c2ccc(Cl)cc2)o1)NCc1ccc(N2CCCC2=O)cc1. The van der Waals surface area contributed by atoms with E-state index in [9.17, 15) is 9.59 Å². The minimum absolute atomic E-state index is 0.0694. The molecular weight excluding hydrogens is 402 g/mol. The first kappa shape index (κ1) is 20.2. The molecule has 1 aliphatic rings. The highest BCUT2D eigenvalue weighted by molar-refractivity contribution is 6.30. The van der Waals surface area contributed by atoms with Crippen molar-refractivity contribution in [3.63, 3.8) is 0 Å². The largest absolute Gasteiger partial charge is 0.441 e. The Morgan fingerprint density at radius 2 is 1.90 bits per heavy atom. The number of carbonyl (C=O) groups excluding carboxylic acids is 2. The Balaban J connectivity index is 1.24. The average Bonchev–Trinajstić information content (AvgIpc) is 3.41.